The van der Waals surface area contributed by atoms with Crippen LogP contribution in [0.5, 0.6) is 0 Å². The van der Waals surface area contributed by atoms with Crippen LogP contribution in [0.4, 0.5) is 13.2 Å². The normalized spacial score (nSPS) is 17.0. The number of fused-ring (bicyclic) bond motifs is 1. The summed E-state index contributed by atoms with van der Waals surface area (Å²) in [5, 5.41) is 18.8. The second-order valence-corrected chi connectivity index (χ2v) is 5.75. The molecular weight excluding hydrogens is 357 g/mol. The molecule has 0 saturated heterocycles. The topological polar surface area (TPSA) is 102 Å². The average molecular weight is 376 g/mol. The van der Waals surface area contributed by atoms with E-state index in [0.29, 0.717) is 12.5 Å². The highest BCUT2D eigenvalue weighted by atomic mass is 19.4. The van der Waals surface area contributed by atoms with Crippen molar-refractivity contribution in [2.75, 3.05) is 13.2 Å². The largest absolute Gasteiger partial charge is 0.490 e. The molecule has 3 rings (SSSR count). The van der Waals surface area contributed by atoms with Gasteiger partial charge in [-0.3, -0.25) is 0 Å². The Kier molecular flexibility index (Phi) is 6.75. The molecule has 1 aliphatic heterocycles. The van der Waals surface area contributed by atoms with Crippen molar-refractivity contribution in [1.82, 2.24) is 20.3 Å². The number of carboxylic acid groups (broad SMARTS) is 1. The molecule has 0 bridgehead atoms. The molecule has 26 heavy (non-hydrogen) atoms. The first kappa shape index (κ1) is 19.9. The fourth-order valence-corrected chi connectivity index (χ4v) is 2.30. The molecule has 2 N–H and O–H groups in total. The van der Waals surface area contributed by atoms with Gasteiger partial charge in [0.2, 0.25) is 0 Å². The quantitative estimate of drug-likeness (QED) is 0.838. The van der Waals surface area contributed by atoms with Gasteiger partial charge in [0.05, 0.1) is 37.1 Å². The Balaban J connectivity index is 0.000000298. The number of nitrogens with one attached hydrogen (secondary N) is 1. The first-order valence-electron chi connectivity index (χ1n) is 7.76. The van der Waals surface area contributed by atoms with Crippen LogP contribution in [-0.4, -0.2) is 45.4 Å². The summed E-state index contributed by atoms with van der Waals surface area (Å²) in [7, 11) is 0. The van der Waals surface area contributed by atoms with E-state index >= 15 is 0 Å². The van der Waals surface area contributed by atoms with Crippen LogP contribution in [0, 0.1) is 12.8 Å². The van der Waals surface area contributed by atoms with E-state index < -0.39 is 12.1 Å². The first-order valence-corrected chi connectivity index (χ1v) is 7.76. The number of nitrogens with zero attached hydrogens (tertiary/aromatic N) is 3. The number of hydrogen-bond donors (Lipinski definition) is 2. The number of aryl methyl sites for hydroxylation is 1. The second-order valence-electron chi connectivity index (χ2n) is 5.75. The van der Waals surface area contributed by atoms with E-state index in [-0.39, 0.29) is 0 Å². The Morgan fingerprint density at radius 2 is 2.23 bits per heavy atom. The van der Waals surface area contributed by atoms with Gasteiger partial charge in [-0.2, -0.15) is 13.2 Å². The zero-order valence-electron chi connectivity index (χ0n) is 14.0. The van der Waals surface area contributed by atoms with E-state index in [1.807, 2.05) is 17.7 Å². The molecule has 0 aromatic carbocycles. The molecule has 1 unspecified atom stereocenters. The van der Waals surface area contributed by atoms with Crippen LogP contribution in [0.1, 0.15) is 17.0 Å². The van der Waals surface area contributed by atoms with E-state index in [2.05, 4.69) is 15.6 Å². The van der Waals surface area contributed by atoms with Gasteiger partial charge in [0.15, 0.2) is 0 Å². The zero-order valence-corrected chi connectivity index (χ0v) is 14.0. The summed E-state index contributed by atoms with van der Waals surface area (Å²) >= 11 is 0. The van der Waals surface area contributed by atoms with Crippen LogP contribution in [0.25, 0.3) is 0 Å². The molecule has 0 radical (unpaired) electrons. The SMILES string of the molecule is Cc1nnn2c1COCC(CNCc1ccoc1)C2.O=C(O)C(F)(F)F. The third-order valence-corrected chi connectivity index (χ3v) is 3.64. The minimum absolute atomic E-state index is 0.411. The number of ether oxygens (including phenoxy) is 1. The Morgan fingerprint density at radius 3 is 2.85 bits per heavy atom. The van der Waals surface area contributed by atoms with Gasteiger partial charge in [-0.05, 0) is 13.0 Å². The van der Waals surface area contributed by atoms with Gasteiger partial charge in [-0.1, -0.05) is 5.21 Å². The van der Waals surface area contributed by atoms with Gasteiger partial charge in [-0.25, -0.2) is 9.48 Å². The maximum Gasteiger partial charge on any atom is 0.490 e. The molecule has 0 aliphatic carbocycles. The Morgan fingerprint density at radius 1 is 1.50 bits per heavy atom. The third kappa shape index (κ3) is 5.85. The summed E-state index contributed by atoms with van der Waals surface area (Å²) in [6, 6.07) is 1.97. The molecule has 8 nitrogen and oxygen atoms in total. The number of furan rings is 1. The van der Waals surface area contributed by atoms with Gasteiger partial charge >= 0.3 is 12.1 Å². The highest BCUT2D eigenvalue weighted by Crippen LogP contribution is 2.14. The molecule has 0 fully saturated rings. The van der Waals surface area contributed by atoms with Crippen molar-refractivity contribution < 1.29 is 32.2 Å². The van der Waals surface area contributed by atoms with Crippen LogP contribution in [0.15, 0.2) is 23.0 Å². The molecule has 2 aromatic heterocycles. The maximum absolute atomic E-state index is 10.6. The van der Waals surface area contributed by atoms with Crippen LogP contribution < -0.4 is 5.32 Å². The molecular formula is C15H19F3N4O4. The highest BCUT2D eigenvalue weighted by Gasteiger charge is 2.38. The number of hydrogen-bond acceptors (Lipinski definition) is 6. The summed E-state index contributed by atoms with van der Waals surface area (Å²) < 4.78 is 44.4. The monoisotopic (exact) mass is 376 g/mol. The lowest BCUT2D eigenvalue weighted by Gasteiger charge is -2.14. The first-order chi connectivity index (χ1) is 12.3. The average Bonchev–Trinajstić information content (AvgIpc) is 3.13. The fourth-order valence-electron chi connectivity index (χ4n) is 2.30. The molecule has 0 amide bonds. The van der Waals surface area contributed by atoms with Crippen LogP contribution >= 0.6 is 0 Å². The summed E-state index contributed by atoms with van der Waals surface area (Å²) in [5.74, 6) is -2.35. The smallest absolute Gasteiger partial charge is 0.475 e. The molecule has 0 saturated carbocycles. The molecule has 1 aliphatic rings. The Bertz CT molecular complexity index is 700. The third-order valence-electron chi connectivity index (χ3n) is 3.64. The van der Waals surface area contributed by atoms with Gasteiger partial charge in [0.25, 0.3) is 0 Å². The van der Waals surface area contributed by atoms with E-state index in [0.717, 1.165) is 43.2 Å². The lowest BCUT2D eigenvalue weighted by Crippen LogP contribution is -2.28. The standard InChI is InChI=1S/C13H18N4O2.C2HF3O2/c1-10-13-9-19-8-12(6-17(13)16-15-10)5-14-4-11-2-3-18-7-11;3-2(4,5)1(6)7/h2-3,7,12,14H,4-6,8-9H2,1H3;(H,6,7). The molecule has 0 spiro atoms. The van der Waals surface area contributed by atoms with Crippen molar-refractivity contribution in [2.45, 2.75) is 32.8 Å². The summed E-state index contributed by atoms with van der Waals surface area (Å²) in [4.78, 5) is 8.90. The number of rotatable bonds is 4. The zero-order chi connectivity index (χ0) is 19.2. The summed E-state index contributed by atoms with van der Waals surface area (Å²) in [5.41, 5.74) is 3.22. The van der Waals surface area contributed by atoms with Crippen LogP contribution in [0.2, 0.25) is 0 Å². The summed E-state index contributed by atoms with van der Waals surface area (Å²) in [6.45, 7) is 5.90. The number of halogens is 3. The number of carbonyl (C=O) groups is 1. The summed E-state index contributed by atoms with van der Waals surface area (Å²) in [6.07, 6.45) is -1.63. The molecule has 3 heterocycles. The minimum Gasteiger partial charge on any atom is -0.475 e. The number of carboxylic acids is 1. The van der Waals surface area contributed by atoms with Crippen molar-refractivity contribution in [1.29, 1.82) is 0 Å². The molecule has 144 valence electrons. The van der Waals surface area contributed by atoms with Gasteiger partial charge in [-0.15, -0.1) is 5.10 Å². The van der Waals surface area contributed by atoms with E-state index in [9.17, 15) is 13.2 Å². The van der Waals surface area contributed by atoms with Crippen LogP contribution in [0.3, 0.4) is 0 Å². The van der Waals surface area contributed by atoms with Crippen molar-refractivity contribution in [3.05, 3.63) is 35.5 Å². The van der Waals surface area contributed by atoms with Crippen molar-refractivity contribution >= 4 is 5.97 Å². The molecule has 2 aromatic rings. The fraction of sp³-hybridized carbons (Fsp3) is 0.533. The Labute approximate surface area is 146 Å². The van der Waals surface area contributed by atoms with Crippen molar-refractivity contribution in [3.8, 4) is 0 Å². The number of aromatic nitrogens is 3. The minimum atomic E-state index is -5.08. The van der Waals surface area contributed by atoms with Gasteiger partial charge in [0.1, 0.15) is 0 Å². The maximum atomic E-state index is 10.6. The highest BCUT2D eigenvalue weighted by molar-refractivity contribution is 5.73. The van der Waals surface area contributed by atoms with E-state index in [1.54, 1.807) is 12.5 Å². The second kappa shape index (κ2) is 8.81. The van der Waals surface area contributed by atoms with Crippen molar-refractivity contribution in [2.24, 2.45) is 5.92 Å². The lowest BCUT2D eigenvalue weighted by molar-refractivity contribution is -0.192. The van der Waals surface area contributed by atoms with Gasteiger partial charge in [0, 0.05) is 31.1 Å². The van der Waals surface area contributed by atoms with E-state index in [1.165, 1.54) is 0 Å². The van der Waals surface area contributed by atoms with Gasteiger partial charge < -0.3 is 19.6 Å². The lowest BCUT2D eigenvalue weighted by atomic mass is 10.1. The van der Waals surface area contributed by atoms with E-state index in [4.69, 9.17) is 19.1 Å². The predicted octanol–water partition coefficient (Wildman–Crippen LogP) is 1.75. The number of aliphatic carboxylic acids is 1. The number of alkyl halides is 3. The predicted molar refractivity (Wildman–Crippen MR) is 82.0 cm³/mol. The molecule has 11 heteroatoms. The Hall–Kier alpha value is -2.40. The molecule has 1 atom stereocenters. The van der Waals surface area contributed by atoms with Crippen LogP contribution in [-0.2, 0) is 29.2 Å². The van der Waals surface area contributed by atoms with Crippen molar-refractivity contribution in [3.63, 3.8) is 0 Å².